The second-order valence-electron chi connectivity index (χ2n) is 6.26. The normalized spacial score (nSPS) is 16.0. The van der Waals surface area contributed by atoms with E-state index < -0.39 is 10.2 Å². The Morgan fingerprint density at radius 2 is 1.69 bits per heavy atom. The minimum absolute atomic E-state index is 0.0293. The molecule has 2 rings (SSSR count). The first kappa shape index (κ1) is 20.5. The number of hydrogen-bond acceptors (Lipinski definition) is 5. The number of hydrogen-bond donors (Lipinski definition) is 0. The number of aryl methyl sites for hydroxylation is 1. The Hall–Kier alpha value is -1.84. The van der Waals surface area contributed by atoms with Crippen molar-refractivity contribution in [2.24, 2.45) is 0 Å². The summed E-state index contributed by atoms with van der Waals surface area (Å²) in [6.45, 7) is 1.47. The molecule has 146 valence electrons. The molecule has 1 fully saturated rings. The van der Waals surface area contributed by atoms with Crippen LogP contribution in [0.4, 0.5) is 0 Å². The second-order valence-corrected chi connectivity index (χ2v) is 8.40. The van der Waals surface area contributed by atoms with E-state index in [0.29, 0.717) is 50.5 Å². The zero-order chi connectivity index (χ0) is 19.3. The lowest BCUT2D eigenvalue weighted by atomic mass is 10.1. The third-order valence-corrected chi connectivity index (χ3v) is 6.40. The summed E-state index contributed by atoms with van der Waals surface area (Å²) in [5, 5.41) is 0. The predicted molar refractivity (Wildman–Crippen MR) is 98.6 cm³/mol. The molecule has 1 aromatic rings. The third-order valence-electron chi connectivity index (χ3n) is 4.45. The Bertz CT molecular complexity index is 728. The highest BCUT2D eigenvalue weighted by Crippen LogP contribution is 2.28. The quantitative estimate of drug-likeness (QED) is 0.686. The summed E-state index contributed by atoms with van der Waals surface area (Å²) < 4.78 is 37.3. The van der Waals surface area contributed by atoms with E-state index in [9.17, 15) is 13.2 Å². The topological polar surface area (TPSA) is 79.4 Å². The van der Waals surface area contributed by atoms with Gasteiger partial charge in [0.15, 0.2) is 11.5 Å². The monoisotopic (exact) mass is 385 g/mol. The highest BCUT2D eigenvalue weighted by Gasteiger charge is 2.29. The Kier molecular flexibility index (Phi) is 6.85. The van der Waals surface area contributed by atoms with Gasteiger partial charge in [-0.2, -0.15) is 17.0 Å². The van der Waals surface area contributed by atoms with Gasteiger partial charge in [-0.3, -0.25) is 4.79 Å². The maximum atomic E-state index is 12.4. The molecule has 0 spiro atoms. The molecule has 1 amide bonds. The minimum atomic E-state index is -3.42. The Labute approximate surface area is 155 Å². The molecule has 1 aromatic carbocycles. The van der Waals surface area contributed by atoms with E-state index in [2.05, 4.69) is 0 Å². The summed E-state index contributed by atoms with van der Waals surface area (Å²) in [5.41, 5.74) is 0.991. The lowest BCUT2D eigenvalue weighted by molar-refractivity contribution is -0.132. The van der Waals surface area contributed by atoms with E-state index in [1.807, 2.05) is 18.2 Å². The fourth-order valence-corrected chi connectivity index (χ4v) is 3.93. The van der Waals surface area contributed by atoms with Gasteiger partial charge in [0.1, 0.15) is 0 Å². The SMILES string of the molecule is COc1ccc(CCC(=O)N2CCN(S(=O)(=O)N(C)C)CC2)cc1OC. The summed E-state index contributed by atoms with van der Waals surface area (Å²) in [6.07, 6.45) is 0.964. The predicted octanol–water partition coefficient (Wildman–Crippen LogP) is 0.587. The second kappa shape index (κ2) is 8.70. The standard InChI is InChI=1S/C17H27N3O5S/c1-18(2)26(22,23)20-11-9-19(10-12-20)17(21)8-6-14-5-7-15(24-3)16(13-14)25-4/h5,7,13H,6,8-12H2,1-4H3. The van der Waals surface area contributed by atoms with Crippen LogP contribution in [0.1, 0.15) is 12.0 Å². The number of benzene rings is 1. The highest BCUT2D eigenvalue weighted by atomic mass is 32.2. The van der Waals surface area contributed by atoms with Gasteiger partial charge in [0.25, 0.3) is 10.2 Å². The molecule has 9 heteroatoms. The van der Waals surface area contributed by atoms with E-state index in [4.69, 9.17) is 9.47 Å². The molecule has 0 atom stereocenters. The van der Waals surface area contributed by atoms with Crippen LogP contribution >= 0.6 is 0 Å². The number of piperazine rings is 1. The van der Waals surface area contributed by atoms with Gasteiger partial charge in [-0.15, -0.1) is 0 Å². The third kappa shape index (κ3) is 4.66. The number of ether oxygens (including phenoxy) is 2. The zero-order valence-corrected chi connectivity index (χ0v) is 16.6. The van der Waals surface area contributed by atoms with E-state index in [-0.39, 0.29) is 5.91 Å². The van der Waals surface area contributed by atoms with Crippen molar-refractivity contribution in [2.45, 2.75) is 12.8 Å². The summed E-state index contributed by atoms with van der Waals surface area (Å²) in [7, 11) is 2.76. The first-order chi connectivity index (χ1) is 12.3. The lowest BCUT2D eigenvalue weighted by Gasteiger charge is -2.35. The molecule has 0 aliphatic carbocycles. The molecule has 1 saturated heterocycles. The van der Waals surface area contributed by atoms with Crippen molar-refractivity contribution in [2.75, 3.05) is 54.5 Å². The molecule has 0 bridgehead atoms. The minimum Gasteiger partial charge on any atom is -0.493 e. The molecule has 8 nitrogen and oxygen atoms in total. The summed E-state index contributed by atoms with van der Waals surface area (Å²) in [4.78, 5) is 14.2. The van der Waals surface area contributed by atoms with Gasteiger partial charge in [0.05, 0.1) is 14.2 Å². The summed E-state index contributed by atoms with van der Waals surface area (Å²) >= 11 is 0. The van der Waals surface area contributed by atoms with Crippen LogP contribution in [0.25, 0.3) is 0 Å². The van der Waals surface area contributed by atoms with Crippen molar-refractivity contribution in [3.63, 3.8) is 0 Å². The molecule has 0 aromatic heterocycles. The number of methoxy groups -OCH3 is 2. The van der Waals surface area contributed by atoms with Crippen LogP contribution < -0.4 is 9.47 Å². The van der Waals surface area contributed by atoms with Gasteiger partial charge in [0, 0.05) is 46.7 Å². The lowest BCUT2D eigenvalue weighted by Crippen LogP contribution is -2.53. The van der Waals surface area contributed by atoms with Gasteiger partial charge in [-0.25, -0.2) is 0 Å². The Morgan fingerprint density at radius 3 is 2.23 bits per heavy atom. The van der Waals surface area contributed by atoms with Crippen molar-refractivity contribution in [1.29, 1.82) is 0 Å². The van der Waals surface area contributed by atoms with Crippen molar-refractivity contribution in [1.82, 2.24) is 13.5 Å². The van der Waals surface area contributed by atoms with Gasteiger partial charge in [-0.1, -0.05) is 6.07 Å². The average Bonchev–Trinajstić information content (AvgIpc) is 2.65. The van der Waals surface area contributed by atoms with Crippen molar-refractivity contribution in [3.05, 3.63) is 23.8 Å². The van der Waals surface area contributed by atoms with Crippen LogP contribution in [-0.2, 0) is 21.4 Å². The van der Waals surface area contributed by atoms with Crippen LogP contribution in [0.5, 0.6) is 11.5 Å². The zero-order valence-electron chi connectivity index (χ0n) is 15.8. The van der Waals surface area contributed by atoms with Gasteiger partial charge in [0.2, 0.25) is 5.91 Å². The maximum Gasteiger partial charge on any atom is 0.281 e. The van der Waals surface area contributed by atoms with E-state index >= 15 is 0 Å². The van der Waals surface area contributed by atoms with E-state index in [1.54, 1.807) is 19.1 Å². The Morgan fingerprint density at radius 1 is 1.08 bits per heavy atom. The Balaban J connectivity index is 1.88. The first-order valence-corrected chi connectivity index (χ1v) is 9.85. The van der Waals surface area contributed by atoms with Gasteiger partial charge < -0.3 is 14.4 Å². The highest BCUT2D eigenvalue weighted by molar-refractivity contribution is 7.86. The van der Waals surface area contributed by atoms with Crippen LogP contribution in [0.2, 0.25) is 0 Å². The smallest absolute Gasteiger partial charge is 0.281 e. The molecule has 0 N–H and O–H groups in total. The number of nitrogens with zero attached hydrogens (tertiary/aromatic N) is 3. The van der Waals surface area contributed by atoms with Crippen molar-refractivity contribution >= 4 is 16.1 Å². The van der Waals surface area contributed by atoms with E-state index in [1.165, 1.54) is 22.7 Å². The van der Waals surface area contributed by atoms with E-state index in [0.717, 1.165) is 5.56 Å². The van der Waals surface area contributed by atoms with Gasteiger partial charge >= 0.3 is 0 Å². The molecule has 0 radical (unpaired) electrons. The van der Waals surface area contributed by atoms with Crippen LogP contribution in [0.15, 0.2) is 18.2 Å². The molecule has 0 unspecified atom stereocenters. The largest absolute Gasteiger partial charge is 0.493 e. The molecule has 1 aliphatic rings. The summed E-state index contributed by atoms with van der Waals surface area (Å²) in [6, 6.07) is 5.60. The maximum absolute atomic E-state index is 12.4. The molecular weight excluding hydrogens is 358 g/mol. The fraction of sp³-hybridized carbons (Fsp3) is 0.588. The summed E-state index contributed by atoms with van der Waals surface area (Å²) in [5.74, 6) is 1.32. The molecule has 0 saturated carbocycles. The van der Waals surface area contributed by atoms with Crippen molar-refractivity contribution < 1.29 is 22.7 Å². The molecule has 1 aliphatic heterocycles. The van der Waals surface area contributed by atoms with Crippen LogP contribution in [0.3, 0.4) is 0 Å². The first-order valence-electron chi connectivity index (χ1n) is 8.46. The fourth-order valence-electron chi connectivity index (χ4n) is 2.84. The average molecular weight is 385 g/mol. The van der Waals surface area contributed by atoms with Crippen LogP contribution in [-0.4, -0.2) is 82.3 Å². The number of carbonyl (C=O) groups excluding carboxylic acids is 1. The number of rotatable bonds is 7. The molecule has 1 heterocycles. The van der Waals surface area contributed by atoms with Gasteiger partial charge in [-0.05, 0) is 24.1 Å². The number of carbonyl (C=O) groups is 1. The molecular formula is C17H27N3O5S. The van der Waals surface area contributed by atoms with Crippen LogP contribution in [0, 0.1) is 0 Å². The van der Waals surface area contributed by atoms with Crippen molar-refractivity contribution in [3.8, 4) is 11.5 Å². The number of amides is 1. The molecule has 26 heavy (non-hydrogen) atoms.